The van der Waals surface area contributed by atoms with Crippen molar-refractivity contribution < 1.29 is 13.2 Å². The summed E-state index contributed by atoms with van der Waals surface area (Å²) < 4.78 is 22.8. The molecule has 1 aliphatic rings. The quantitative estimate of drug-likeness (QED) is 0.600. The van der Waals surface area contributed by atoms with Gasteiger partial charge in [0, 0.05) is 25.2 Å². The second-order valence-corrected chi connectivity index (χ2v) is 8.26. The summed E-state index contributed by atoms with van der Waals surface area (Å²) in [5.41, 5.74) is 4.52. The van der Waals surface area contributed by atoms with Gasteiger partial charge in [-0.15, -0.1) is 0 Å². The average Bonchev–Trinajstić information content (AvgIpc) is 2.88. The van der Waals surface area contributed by atoms with Gasteiger partial charge >= 0.3 is 0 Å². The van der Waals surface area contributed by atoms with Gasteiger partial charge in [-0.25, -0.2) is 13.8 Å². The first kappa shape index (κ1) is 18.4. The molecule has 1 saturated heterocycles. The van der Waals surface area contributed by atoms with Crippen LogP contribution in [0.1, 0.15) is 32.3 Å². The van der Waals surface area contributed by atoms with Crippen molar-refractivity contribution in [2.75, 3.05) is 29.5 Å². The summed E-state index contributed by atoms with van der Waals surface area (Å²) in [7, 11) is -2.94. The number of rotatable bonds is 7. The number of amides is 1. The standard InChI is InChI=1S/C17H25N3O3S/c1-3-20(4-2)16-7-5-14(6-8-16)12-18-19-17(21)11-15-9-10-24(22,23)13-15/h5-8,12,15H,3-4,9-11,13H2,1-2H3,(H,19,21)/b18-12-/t15-/m1/s1. The second kappa shape index (κ2) is 8.28. The minimum Gasteiger partial charge on any atom is -0.372 e. The fraction of sp³-hybridized carbons (Fsp3) is 0.529. The van der Waals surface area contributed by atoms with E-state index in [1.807, 2.05) is 24.3 Å². The van der Waals surface area contributed by atoms with Crippen LogP contribution in [0, 0.1) is 5.92 Å². The van der Waals surface area contributed by atoms with Crippen LogP contribution in [0.3, 0.4) is 0 Å². The predicted octanol–water partition coefficient (Wildman–Crippen LogP) is 1.81. The van der Waals surface area contributed by atoms with Gasteiger partial charge in [-0.2, -0.15) is 5.10 Å². The van der Waals surface area contributed by atoms with Crippen LogP contribution in [-0.4, -0.2) is 45.1 Å². The van der Waals surface area contributed by atoms with Crippen molar-refractivity contribution in [1.29, 1.82) is 0 Å². The molecule has 1 aromatic carbocycles. The number of carbonyl (C=O) groups is 1. The summed E-state index contributed by atoms with van der Waals surface area (Å²) in [4.78, 5) is 14.0. The lowest BCUT2D eigenvalue weighted by Gasteiger charge is -2.20. The Morgan fingerprint density at radius 2 is 1.96 bits per heavy atom. The Bertz CT molecular complexity index is 680. The van der Waals surface area contributed by atoms with Crippen LogP contribution in [0.2, 0.25) is 0 Å². The van der Waals surface area contributed by atoms with E-state index in [1.54, 1.807) is 6.21 Å². The molecule has 0 spiro atoms. The lowest BCUT2D eigenvalue weighted by atomic mass is 10.1. The third-order valence-corrected chi connectivity index (χ3v) is 6.06. The van der Waals surface area contributed by atoms with E-state index in [2.05, 4.69) is 29.3 Å². The molecule has 0 unspecified atom stereocenters. The van der Waals surface area contributed by atoms with Crippen LogP contribution in [0.25, 0.3) is 0 Å². The zero-order chi connectivity index (χ0) is 17.6. The summed E-state index contributed by atoms with van der Waals surface area (Å²) in [5.74, 6) is -0.0315. The molecule has 7 heteroatoms. The minimum absolute atomic E-state index is 0.0847. The zero-order valence-corrected chi connectivity index (χ0v) is 15.1. The highest BCUT2D eigenvalue weighted by molar-refractivity contribution is 7.91. The van der Waals surface area contributed by atoms with Crippen molar-refractivity contribution in [3.63, 3.8) is 0 Å². The van der Waals surface area contributed by atoms with Crippen molar-refractivity contribution in [3.05, 3.63) is 29.8 Å². The first-order valence-corrected chi connectivity index (χ1v) is 10.1. The van der Waals surface area contributed by atoms with E-state index in [0.717, 1.165) is 24.3 Å². The average molecular weight is 351 g/mol. The third-order valence-electron chi connectivity index (χ3n) is 4.23. The van der Waals surface area contributed by atoms with E-state index in [9.17, 15) is 13.2 Å². The van der Waals surface area contributed by atoms with Crippen LogP contribution in [0.4, 0.5) is 5.69 Å². The molecule has 1 atom stereocenters. The van der Waals surface area contributed by atoms with Crippen LogP contribution < -0.4 is 10.3 Å². The minimum atomic E-state index is -2.94. The normalized spacial score (nSPS) is 19.5. The zero-order valence-electron chi connectivity index (χ0n) is 14.2. The van der Waals surface area contributed by atoms with Crippen LogP contribution in [0.5, 0.6) is 0 Å². The number of anilines is 1. The molecule has 0 bridgehead atoms. The number of nitrogens with zero attached hydrogens (tertiary/aromatic N) is 2. The SMILES string of the molecule is CCN(CC)c1ccc(/C=N\NC(=O)C[C@H]2CCS(=O)(=O)C2)cc1. The monoisotopic (exact) mass is 351 g/mol. The first-order valence-electron chi connectivity index (χ1n) is 8.31. The van der Waals surface area contributed by atoms with Crippen molar-refractivity contribution in [3.8, 4) is 0 Å². The lowest BCUT2D eigenvalue weighted by molar-refractivity contribution is -0.121. The van der Waals surface area contributed by atoms with Crippen molar-refractivity contribution in [1.82, 2.24) is 5.43 Å². The molecular formula is C17H25N3O3S. The lowest BCUT2D eigenvalue weighted by Crippen LogP contribution is -2.22. The Labute approximate surface area is 143 Å². The predicted molar refractivity (Wildman–Crippen MR) is 97.1 cm³/mol. The van der Waals surface area contributed by atoms with E-state index in [0.29, 0.717) is 6.42 Å². The number of hydrogen-bond acceptors (Lipinski definition) is 5. The molecule has 1 amide bonds. The van der Waals surface area contributed by atoms with E-state index in [-0.39, 0.29) is 29.8 Å². The van der Waals surface area contributed by atoms with Gasteiger partial charge in [0.1, 0.15) is 0 Å². The maximum atomic E-state index is 11.8. The number of nitrogens with one attached hydrogen (secondary N) is 1. The highest BCUT2D eigenvalue weighted by Crippen LogP contribution is 2.21. The Kier molecular flexibility index (Phi) is 6.36. The van der Waals surface area contributed by atoms with Crippen molar-refractivity contribution in [2.24, 2.45) is 11.0 Å². The largest absolute Gasteiger partial charge is 0.372 e. The van der Waals surface area contributed by atoms with Gasteiger partial charge in [-0.1, -0.05) is 12.1 Å². The molecule has 0 radical (unpaired) electrons. The summed E-state index contributed by atoms with van der Waals surface area (Å²) in [6, 6.07) is 7.96. The Morgan fingerprint density at radius 1 is 1.29 bits per heavy atom. The Hall–Kier alpha value is -1.89. The topological polar surface area (TPSA) is 78.8 Å². The number of sulfone groups is 1. The van der Waals surface area contributed by atoms with Gasteiger partial charge in [0.2, 0.25) is 5.91 Å². The number of hydrazone groups is 1. The molecule has 1 heterocycles. The molecule has 24 heavy (non-hydrogen) atoms. The molecule has 1 N–H and O–H groups in total. The van der Waals surface area contributed by atoms with Gasteiger partial charge in [0.15, 0.2) is 9.84 Å². The van der Waals surface area contributed by atoms with Gasteiger partial charge in [0.25, 0.3) is 0 Å². The van der Waals surface area contributed by atoms with Crippen molar-refractivity contribution >= 4 is 27.6 Å². The molecule has 1 aliphatic heterocycles. The number of benzene rings is 1. The van der Waals surface area contributed by atoms with Gasteiger partial charge in [-0.05, 0) is 43.9 Å². The summed E-state index contributed by atoms with van der Waals surface area (Å²) in [5, 5.41) is 3.95. The maximum Gasteiger partial charge on any atom is 0.240 e. The molecule has 1 fully saturated rings. The van der Waals surface area contributed by atoms with E-state index < -0.39 is 9.84 Å². The smallest absolute Gasteiger partial charge is 0.240 e. The highest BCUT2D eigenvalue weighted by Gasteiger charge is 2.29. The number of hydrogen-bond donors (Lipinski definition) is 1. The molecule has 0 aromatic heterocycles. The molecule has 132 valence electrons. The molecule has 1 aromatic rings. The summed E-state index contributed by atoms with van der Waals surface area (Å²) >= 11 is 0. The third kappa shape index (κ3) is 5.33. The van der Waals surface area contributed by atoms with Gasteiger partial charge in [-0.3, -0.25) is 4.79 Å². The van der Waals surface area contributed by atoms with Crippen molar-refractivity contribution in [2.45, 2.75) is 26.7 Å². The second-order valence-electron chi connectivity index (χ2n) is 6.03. The fourth-order valence-electron chi connectivity index (χ4n) is 2.88. The summed E-state index contributed by atoms with van der Waals surface area (Å²) in [6.45, 7) is 6.14. The van der Waals surface area contributed by atoms with Crippen LogP contribution in [0.15, 0.2) is 29.4 Å². The molecule has 6 nitrogen and oxygen atoms in total. The number of carbonyl (C=O) groups excluding carboxylic acids is 1. The molecular weight excluding hydrogens is 326 g/mol. The van der Waals surface area contributed by atoms with Crippen LogP contribution >= 0.6 is 0 Å². The molecule has 0 aliphatic carbocycles. The summed E-state index contributed by atoms with van der Waals surface area (Å²) in [6.07, 6.45) is 2.36. The van der Waals surface area contributed by atoms with E-state index >= 15 is 0 Å². The first-order chi connectivity index (χ1) is 11.4. The van der Waals surface area contributed by atoms with Gasteiger partial charge in [0.05, 0.1) is 17.7 Å². The van der Waals surface area contributed by atoms with E-state index in [4.69, 9.17) is 0 Å². The Balaban J connectivity index is 1.82. The molecule has 0 saturated carbocycles. The van der Waals surface area contributed by atoms with Crippen LogP contribution in [-0.2, 0) is 14.6 Å². The fourth-order valence-corrected chi connectivity index (χ4v) is 4.74. The molecule has 2 rings (SSSR count). The van der Waals surface area contributed by atoms with E-state index in [1.165, 1.54) is 0 Å². The van der Waals surface area contributed by atoms with Gasteiger partial charge < -0.3 is 4.90 Å². The maximum absolute atomic E-state index is 11.8. The highest BCUT2D eigenvalue weighted by atomic mass is 32.2. The Morgan fingerprint density at radius 3 is 2.50 bits per heavy atom.